The van der Waals surface area contributed by atoms with Gasteiger partial charge in [0.2, 0.25) is 7.37 Å². The van der Waals surface area contributed by atoms with Crippen molar-refractivity contribution >= 4 is 26.1 Å². The Labute approximate surface area is 169 Å². The fraction of sp³-hybridized carbons (Fsp3) is 0.650. The van der Waals surface area contributed by atoms with Gasteiger partial charge >= 0.3 is 7.60 Å². The Balaban J connectivity index is 3.45. The Hall–Kier alpha value is -0.770. The molecule has 1 atom stereocenters. The van der Waals surface area contributed by atoms with E-state index in [0.717, 1.165) is 11.1 Å². The molecule has 0 N–H and O–H groups in total. The number of hydrogen-bond donors (Lipinski definition) is 0. The molecular weight excluding hydrogens is 398 g/mol. The van der Waals surface area contributed by atoms with Crippen molar-refractivity contribution in [2.24, 2.45) is 0 Å². The van der Waals surface area contributed by atoms with Crippen LogP contribution in [-0.2, 0) is 32.9 Å². The summed E-state index contributed by atoms with van der Waals surface area (Å²) in [5, 5.41) is 0.464. The summed E-state index contributed by atoms with van der Waals surface area (Å²) in [4.78, 5) is 11.7. The topological polar surface area (TPSA) is 78.9 Å². The van der Waals surface area contributed by atoms with Crippen LogP contribution in [0.25, 0.3) is 0 Å². The zero-order chi connectivity index (χ0) is 21.6. The molecule has 0 aliphatic heterocycles. The third-order valence-electron chi connectivity index (χ3n) is 4.38. The van der Waals surface area contributed by atoms with Gasteiger partial charge in [-0.15, -0.1) is 0 Å². The Morgan fingerprint density at radius 3 is 2.00 bits per heavy atom. The molecule has 0 heterocycles. The standard InChI is InChI=1S/C20H34O6P2/c1-8-24-27(22,15-28(23,25-9-2)26-10-3)18-12-11-16(4)19(13-18)20(6,7)14-17(5)21/h11-13H,8-10,14-15H2,1-7H3. The third kappa shape index (κ3) is 6.64. The number of hydrogen-bond acceptors (Lipinski definition) is 6. The third-order valence-corrected chi connectivity index (χ3v) is 10.3. The highest BCUT2D eigenvalue weighted by Gasteiger charge is 2.39. The Morgan fingerprint density at radius 1 is 1.00 bits per heavy atom. The highest BCUT2D eigenvalue weighted by atomic mass is 31.2. The maximum Gasteiger partial charge on any atom is 0.340 e. The summed E-state index contributed by atoms with van der Waals surface area (Å²) < 4.78 is 43.1. The first-order valence-electron chi connectivity index (χ1n) is 9.66. The molecule has 1 aromatic rings. The summed E-state index contributed by atoms with van der Waals surface area (Å²) in [5.74, 6) is -0.231. The van der Waals surface area contributed by atoms with E-state index in [4.69, 9.17) is 13.6 Å². The molecule has 0 fully saturated rings. The van der Waals surface area contributed by atoms with Crippen LogP contribution in [0, 0.1) is 6.92 Å². The zero-order valence-electron chi connectivity index (χ0n) is 18.1. The molecule has 0 saturated heterocycles. The van der Waals surface area contributed by atoms with Crippen molar-refractivity contribution in [3.05, 3.63) is 29.3 Å². The zero-order valence-corrected chi connectivity index (χ0v) is 19.9. The Bertz CT molecular complexity index is 762. The first-order chi connectivity index (χ1) is 12.9. The molecule has 0 amide bonds. The van der Waals surface area contributed by atoms with Gasteiger partial charge in [0.05, 0.1) is 19.8 Å². The highest BCUT2D eigenvalue weighted by molar-refractivity contribution is 7.78. The van der Waals surface area contributed by atoms with Crippen LogP contribution in [0.4, 0.5) is 0 Å². The number of rotatable bonds is 12. The van der Waals surface area contributed by atoms with Crippen molar-refractivity contribution < 1.29 is 27.5 Å². The van der Waals surface area contributed by atoms with Crippen LogP contribution in [-0.4, -0.2) is 31.5 Å². The van der Waals surface area contributed by atoms with Gasteiger partial charge in [0.25, 0.3) is 0 Å². The molecule has 1 aromatic carbocycles. The van der Waals surface area contributed by atoms with E-state index in [2.05, 4.69) is 0 Å². The minimum Gasteiger partial charge on any atom is -0.325 e. The lowest BCUT2D eigenvalue weighted by Gasteiger charge is -2.29. The molecule has 0 aliphatic rings. The number of ketones is 1. The van der Waals surface area contributed by atoms with Gasteiger partial charge in [-0.2, -0.15) is 0 Å². The summed E-state index contributed by atoms with van der Waals surface area (Å²) in [6.45, 7) is 13.2. The molecule has 0 radical (unpaired) electrons. The second-order valence-corrected chi connectivity index (χ2v) is 12.4. The number of benzene rings is 1. The molecule has 0 aliphatic carbocycles. The van der Waals surface area contributed by atoms with Crippen molar-refractivity contribution in [1.29, 1.82) is 0 Å². The van der Waals surface area contributed by atoms with Crippen molar-refractivity contribution in [3.8, 4) is 0 Å². The first kappa shape index (κ1) is 25.3. The molecular formula is C20H34O6P2. The van der Waals surface area contributed by atoms with Crippen molar-refractivity contribution in [1.82, 2.24) is 0 Å². The predicted octanol–water partition coefficient (Wildman–Crippen LogP) is 5.42. The minimum absolute atomic E-state index is 0.0833. The summed E-state index contributed by atoms with van der Waals surface area (Å²) in [7, 11) is -7.07. The Kier molecular flexibility index (Phi) is 9.31. The van der Waals surface area contributed by atoms with Crippen molar-refractivity contribution in [3.63, 3.8) is 0 Å². The second kappa shape index (κ2) is 10.3. The molecule has 0 spiro atoms. The van der Waals surface area contributed by atoms with Crippen molar-refractivity contribution in [2.75, 3.05) is 25.7 Å². The molecule has 160 valence electrons. The minimum atomic E-state index is -3.57. The smallest absolute Gasteiger partial charge is 0.325 e. The lowest BCUT2D eigenvalue weighted by atomic mass is 9.78. The molecule has 6 nitrogen and oxygen atoms in total. The van der Waals surface area contributed by atoms with Crippen LogP contribution in [0.1, 0.15) is 59.1 Å². The number of carbonyl (C=O) groups excluding carboxylic acids is 1. The number of aryl methyl sites for hydroxylation is 1. The van der Waals surface area contributed by atoms with Gasteiger partial charge in [-0.1, -0.05) is 19.9 Å². The van der Waals surface area contributed by atoms with Gasteiger partial charge < -0.3 is 13.6 Å². The van der Waals surface area contributed by atoms with E-state index in [1.54, 1.807) is 33.8 Å². The average molecular weight is 432 g/mol. The van der Waals surface area contributed by atoms with Gasteiger partial charge in [0, 0.05) is 11.7 Å². The lowest BCUT2D eigenvalue weighted by molar-refractivity contribution is -0.118. The van der Waals surface area contributed by atoms with Crippen LogP contribution < -0.4 is 5.30 Å². The van der Waals surface area contributed by atoms with Gasteiger partial charge in [0.15, 0.2) is 0 Å². The summed E-state index contributed by atoms with van der Waals surface area (Å²) >= 11 is 0. The number of Topliss-reactive ketones (excluding diaryl/α,β-unsaturated/α-hetero) is 1. The predicted molar refractivity (Wildman–Crippen MR) is 114 cm³/mol. The van der Waals surface area contributed by atoms with E-state index in [0.29, 0.717) is 11.7 Å². The van der Waals surface area contributed by atoms with Gasteiger partial charge in [-0.3, -0.25) is 13.9 Å². The molecule has 1 unspecified atom stereocenters. The van der Waals surface area contributed by atoms with Crippen LogP contribution in [0.2, 0.25) is 0 Å². The quantitative estimate of drug-likeness (QED) is 0.411. The summed E-state index contributed by atoms with van der Waals surface area (Å²) in [6.07, 6.45) is 0.368. The van der Waals surface area contributed by atoms with Crippen LogP contribution in [0.5, 0.6) is 0 Å². The van der Waals surface area contributed by atoms with Gasteiger partial charge in [0.1, 0.15) is 11.7 Å². The van der Waals surface area contributed by atoms with Crippen molar-refractivity contribution in [2.45, 2.75) is 60.3 Å². The van der Waals surface area contributed by atoms with E-state index in [1.807, 2.05) is 32.9 Å². The van der Waals surface area contributed by atoms with E-state index in [9.17, 15) is 13.9 Å². The molecule has 28 heavy (non-hydrogen) atoms. The molecule has 8 heteroatoms. The van der Waals surface area contributed by atoms with Gasteiger partial charge in [-0.05, 0) is 63.3 Å². The summed E-state index contributed by atoms with van der Waals surface area (Å²) in [6, 6.07) is 5.42. The molecule has 0 saturated carbocycles. The molecule has 0 aromatic heterocycles. The fourth-order valence-corrected chi connectivity index (χ4v) is 8.93. The maximum absolute atomic E-state index is 13.8. The SMILES string of the molecule is CCOP(=O)(CP(=O)(OCC)c1ccc(C)c(C(C)(C)CC(C)=O)c1)OCC. The van der Waals surface area contributed by atoms with Crippen LogP contribution in [0.3, 0.4) is 0 Å². The first-order valence-corrected chi connectivity index (χ1v) is 13.2. The molecule has 0 bridgehead atoms. The second-order valence-electron chi connectivity index (χ2n) is 7.44. The van der Waals surface area contributed by atoms with E-state index in [1.165, 1.54) is 0 Å². The fourth-order valence-electron chi connectivity index (χ4n) is 3.41. The number of carbonyl (C=O) groups is 1. The molecule has 1 rings (SSSR count). The van der Waals surface area contributed by atoms with Gasteiger partial charge in [-0.25, -0.2) is 0 Å². The van der Waals surface area contributed by atoms with E-state index < -0.39 is 20.4 Å². The highest BCUT2D eigenvalue weighted by Crippen LogP contribution is 2.62. The summed E-state index contributed by atoms with van der Waals surface area (Å²) in [5.41, 5.74) is 1.49. The largest absolute Gasteiger partial charge is 0.340 e. The lowest BCUT2D eigenvalue weighted by Crippen LogP contribution is -2.24. The average Bonchev–Trinajstić information content (AvgIpc) is 2.54. The Morgan fingerprint density at radius 2 is 1.54 bits per heavy atom. The van der Waals surface area contributed by atoms with E-state index >= 15 is 0 Å². The van der Waals surface area contributed by atoms with Crippen LogP contribution >= 0.6 is 15.0 Å². The maximum atomic E-state index is 13.8. The van der Waals surface area contributed by atoms with Crippen LogP contribution in [0.15, 0.2) is 18.2 Å². The normalized spacial score (nSPS) is 14.7. The van der Waals surface area contributed by atoms with E-state index in [-0.39, 0.29) is 31.5 Å². The monoisotopic (exact) mass is 432 g/mol.